The molecule has 1 heterocycles. The van der Waals surface area contributed by atoms with Gasteiger partial charge in [0.15, 0.2) is 0 Å². The fraction of sp³-hybridized carbons (Fsp3) is 0.0909. The Hall–Kier alpha value is -1.33. The third-order valence-corrected chi connectivity index (χ3v) is 3.13. The topological polar surface area (TPSA) is 57.8 Å². The summed E-state index contributed by atoms with van der Waals surface area (Å²) in [6.45, 7) is 1.86. The Morgan fingerprint density at radius 1 is 1.53 bits per heavy atom. The van der Waals surface area contributed by atoms with Crippen LogP contribution in [-0.2, 0) is 0 Å². The van der Waals surface area contributed by atoms with Crippen molar-refractivity contribution in [3.8, 4) is 0 Å². The Labute approximate surface area is 111 Å². The number of nitrogens with zero attached hydrogens (tertiary/aromatic N) is 1. The minimum Gasteiger partial charge on any atom is -0.307 e. The van der Waals surface area contributed by atoms with E-state index in [4.69, 9.17) is 11.6 Å². The molecule has 0 fully saturated rings. The van der Waals surface area contributed by atoms with Gasteiger partial charge >= 0.3 is 0 Å². The standard InChI is InChI=1S/C11H9BrClN3O/c1-6-5-14-16-10(6)15-11(17)8-3-2-7(13)4-9(8)12/h2-5H,1H3,(H2,14,15,16,17). The second-order valence-electron chi connectivity index (χ2n) is 3.51. The largest absolute Gasteiger partial charge is 0.307 e. The van der Waals surface area contributed by atoms with Crippen LogP contribution in [0, 0.1) is 6.92 Å². The molecule has 1 aromatic carbocycles. The molecule has 1 aromatic heterocycles. The van der Waals surface area contributed by atoms with Gasteiger partial charge in [-0.1, -0.05) is 11.6 Å². The lowest BCUT2D eigenvalue weighted by molar-refractivity contribution is 0.102. The van der Waals surface area contributed by atoms with E-state index in [0.29, 0.717) is 20.9 Å². The smallest absolute Gasteiger partial charge is 0.257 e. The average molecular weight is 315 g/mol. The lowest BCUT2D eigenvalue weighted by Crippen LogP contribution is -2.13. The maximum absolute atomic E-state index is 12.0. The van der Waals surface area contributed by atoms with Crippen molar-refractivity contribution in [2.45, 2.75) is 6.92 Å². The molecule has 0 aliphatic carbocycles. The van der Waals surface area contributed by atoms with Crippen molar-refractivity contribution < 1.29 is 4.79 Å². The van der Waals surface area contributed by atoms with Gasteiger partial charge < -0.3 is 5.32 Å². The Balaban J connectivity index is 2.23. The van der Waals surface area contributed by atoms with Gasteiger partial charge in [0.25, 0.3) is 5.91 Å². The van der Waals surface area contributed by atoms with Gasteiger partial charge in [-0.15, -0.1) is 0 Å². The number of nitrogens with one attached hydrogen (secondary N) is 2. The first kappa shape index (κ1) is 12.1. The van der Waals surface area contributed by atoms with Crippen LogP contribution >= 0.6 is 27.5 Å². The lowest BCUT2D eigenvalue weighted by Gasteiger charge is -2.06. The molecule has 1 amide bonds. The van der Waals surface area contributed by atoms with Crippen LogP contribution in [0.15, 0.2) is 28.9 Å². The van der Waals surface area contributed by atoms with Crippen molar-refractivity contribution in [3.63, 3.8) is 0 Å². The molecule has 2 rings (SSSR count). The fourth-order valence-electron chi connectivity index (χ4n) is 1.33. The van der Waals surface area contributed by atoms with Gasteiger partial charge in [0, 0.05) is 15.1 Å². The van der Waals surface area contributed by atoms with Crippen LogP contribution in [0.1, 0.15) is 15.9 Å². The van der Waals surface area contributed by atoms with E-state index in [-0.39, 0.29) is 5.91 Å². The molecule has 0 spiro atoms. The van der Waals surface area contributed by atoms with Gasteiger partial charge in [-0.3, -0.25) is 9.89 Å². The minimum atomic E-state index is -0.221. The van der Waals surface area contributed by atoms with Crippen molar-refractivity contribution in [2.24, 2.45) is 0 Å². The van der Waals surface area contributed by atoms with Gasteiger partial charge in [-0.2, -0.15) is 5.10 Å². The van der Waals surface area contributed by atoms with Crippen LogP contribution in [0.25, 0.3) is 0 Å². The third kappa shape index (κ3) is 2.68. The monoisotopic (exact) mass is 313 g/mol. The first-order valence-electron chi connectivity index (χ1n) is 4.84. The molecule has 0 saturated heterocycles. The molecule has 0 bridgehead atoms. The second-order valence-corrected chi connectivity index (χ2v) is 4.80. The molecule has 2 N–H and O–H groups in total. The summed E-state index contributed by atoms with van der Waals surface area (Å²) in [5.74, 6) is 0.373. The number of anilines is 1. The first-order chi connectivity index (χ1) is 8.08. The zero-order valence-electron chi connectivity index (χ0n) is 8.92. The maximum Gasteiger partial charge on any atom is 0.257 e. The minimum absolute atomic E-state index is 0.221. The summed E-state index contributed by atoms with van der Waals surface area (Å²) >= 11 is 9.11. The quantitative estimate of drug-likeness (QED) is 0.892. The maximum atomic E-state index is 12.0. The first-order valence-corrected chi connectivity index (χ1v) is 6.01. The highest BCUT2D eigenvalue weighted by Crippen LogP contribution is 2.22. The molecule has 88 valence electrons. The van der Waals surface area contributed by atoms with Crippen LogP contribution in [0.2, 0.25) is 5.02 Å². The summed E-state index contributed by atoms with van der Waals surface area (Å²) in [4.78, 5) is 12.0. The molecule has 0 unspecified atom stereocenters. The van der Waals surface area contributed by atoms with Crippen molar-refractivity contribution in [3.05, 3.63) is 45.0 Å². The fourth-order valence-corrected chi connectivity index (χ4v) is 2.19. The number of aromatic amines is 1. The van der Waals surface area contributed by atoms with Crippen molar-refractivity contribution in [2.75, 3.05) is 5.32 Å². The zero-order valence-corrected chi connectivity index (χ0v) is 11.3. The van der Waals surface area contributed by atoms with Crippen LogP contribution in [-0.4, -0.2) is 16.1 Å². The summed E-state index contributed by atoms with van der Waals surface area (Å²) in [5, 5.41) is 9.86. The molecule has 0 aliphatic heterocycles. The number of halogens is 2. The lowest BCUT2D eigenvalue weighted by atomic mass is 10.2. The van der Waals surface area contributed by atoms with Gasteiger partial charge in [-0.25, -0.2) is 0 Å². The molecule has 0 saturated carbocycles. The van der Waals surface area contributed by atoms with E-state index in [1.807, 2.05) is 6.92 Å². The Morgan fingerprint density at radius 3 is 2.88 bits per heavy atom. The highest BCUT2D eigenvalue weighted by atomic mass is 79.9. The number of rotatable bonds is 2. The number of benzene rings is 1. The normalized spacial score (nSPS) is 10.3. The summed E-state index contributed by atoms with van der Waals surface area (Å²) in [6, 6.07) is 5.00. The third-order valence-electron chi connectivity index (χ3n) is 2.24. The summed E-state index contributed by atoms with van der Waals surface area (Å²) in [6.07, 6.45) is 1.65. The molecule has 0 radical (unpaired) electrons. The van der Waals surface area contributed by atoms with Crippen molar-refractivity contribution in [1.29, 1.82) is 0 Å². The van der Waals surface area contributed by atoms with E-state index >= 15 is 0 Å². The molecule has 4 nitrogen and oxygen atoms in total. The van der Waals surface area contributed by atoms with E-state index in [0.717, 1.165) is 5.56 Å². The predicted octanol–water partition coefficient (Wildman–Crippen LogP) is 3.39. The number of carbonyl (C=O) groups is 1. The average Bonchev–Trinajstić information content (AvgIpc) is 2.64. The number of hydrogen-bond donors (Lipinski definition) is 2. The van der Waals surface area contributed by atoms with Crippen LogP contribution in [0.4, 0.5) is 5.82 Å². The van der Waals surface area contributed by atoms with E-state index < -0.39 is 0 Å². The Bertz CT molecular complexity index is 568. The highest BCUT2D eigenvalue weighted by Gasteiger charge is 2.12. The summed E-state index contributed by atoms with van der Waals surface area (Å²) in [5.41, 5.74) is 1.40. The van der Waals surface area contributed by atoms with E-state index in [2.05, 4.69) is 31.4 Å². The Kier molecular flexibility index (Phi) is 3.49. The number of hydrogen-bond acceptors (Lipinski definition) is 2. The SMILES string of the molecule is Cc1cn[nH]c1NC(=O)c1ccc(Cl)cc1Br. The molecular formula is C11H9BrClN3O. The number of aryl methyl sites for hydroxylation is 1. The number of carbonyl (C=O) groups excluding carboxylic acids is 1. The van der Waals surface area contributed by atoms with Crippen LogP contribution in [0.3, 0.4) is 0 Å². The van der Waals surface area contributed by atoms with Gasteiger partial charge in [-0.05, 0) is 41.1 Å². The van der Waals surface area contributed by atoms with Crippen LogP contribution < -0.4 is 5.32 Å². The molecule has 17 heavy (non-hydrogen) atoms. The number of amides is 1. The molecule has 6 heteroatoms. The Morgan fingerprint density at radius 2 is 2.29 bits per heavy atom. The molecule has 0 atom stereocenters. The second kappa shape index (κ2) is 4.89. The van der Waals surface area contributed by atoms with Gasteiger partial charge in [0.1, 0.15) is 5.82 Å². The molecular weight excluding hydrogens is 305 g/mol. The number of H-pyrrole nitrogens is 1. The van der Waals surface area contributed by atoms with E-state index in [1.165, 1.54) is 0 Å². The summed E-state index contributed by atoms with van der Waals surface area (Å²) < 4.78 is 0.652. The van der Waals surface area contributed by atoms with Crippen molar-refractivity contribution in [1.82, 2.24) is 10.2 Å². The van der Waals surface area contributed by atoms with Crippen LogP contribution in [0.5, 0.6) is 0 Å². The summed E-state index contributed by atoms with van der Waals surface area (Å²) in [7, 11) is 0. The van der Waals surface area contributed by atoms with E-state index in [9.17, 15) is 4.79 Å². The number of aromatic nitrogens is 2. The van der Waals surface area contributed by atoms with Gasteiger partial charge in [0.2, 0.25) is 0 Å². The van der Waals surface area contributed by atoms with Gasteiger partial charge in [0.05, 0.1) is 11.8 Å². The highest BCUT2D eigenvalue weighted by molar-refractivity contribution is 9.10. The predicted molar refractivity (Wildman–Crippen MR) is 70.4 cm³/mol. The van der Waals surface area contributed by atoms with E-state index in [1.54, 1.807) is 24.4 Å². The molecule has 2 aromatic rings. The van der Waals surface area contributed by atoms with Crippen molar-refractivity contribution >= 4 is 39.3 Å². The molecule has 0 aliphatic rings. The zero-order chi connectivity index (χ0) is 12.4.